The molecule has 166 valence electrons. The van der Waals surface area contributed by atoms with Crippen LogP contribution in [0.1, 0.15) is 35.4 Å². The molecular weight excluding hydrogens is 408 g/mol. The predicted octanol–water partition coefficient (Wildman–Crippen LogP) is 3.77. The van der Waals surface area contributed by atoms with Crippen molar-refractivity contribution in [3.05, 3.63) is 46.7 Å². The minimum absolute atomic E-state index is 0.0410. The lowest BCUT2D eigenvalue weighted by atomic mass is 9.96. The Bertz CT molecular complexity index is 873. The number of carbonyl (C=O) groups is 2. The van der Waals surface area contributed by atoms with Crippen molar-refractivity contribution in [2.24, 2.45) is 5.92 Å². The number of thiophene rings is 1. The van der Waals surface area contributed by atoms with E-state index in [2.05, 4.69) is 41.3 Å². The third kappa shape index (κ3) is 5.28. The molecule has 4 rings (SSSR count). The molecule has 7 heteroatoms. The van der Waals surface area contributed by atoms with Gasteiger partial charge in [0.1, 0.15) is 6.04 Å². The summed E-state index contributed by atoms with van der Waals surface area (Å²) >= 11 is 1.42. The SMILES string of the molecule is CN(C)CC1CCN(c2ccc(NC(=O)[C@@H]3CCCN3C(=O)c3cccs3)cc2)CC1. The number of nitrogens with zero attached hydrogens (tertiary/aromatic N) is 3. The topological polar surface area (TPSA) is 55.9 Å². The first kappa shape index (κ1) is 21.8. The van der Waals surface area contributed by atoms with Gasteiger partial charge in [0.15, 0.2) is 0 Å². The molecule has 1 atom stereocenters. The smallest absolute Gasteiger partial charge is 0.264 e. The largest absolute Gasteiger partial charge is 0.372 e. The lowest BCUT2D eigenvalue weighted by molar-refractivity contribution is -0.119. The van der Waals surface area contributed by atoms with E-state index >= 15 is 0 Å². The second-order valence-electron chi connectivity index (χ2n) is 8.86. The normalized spacial score (nSPS) is 19.8. The molecule has 0 radical (unpaired) electrons. The lowest BCUT2D eigenvalue weighted by Crippen LogP contribution is -2.43. The van der Waals surface area contributed by atoms with Crippen LogP contribution in [0.5, 0.6) is 0 Å². The van der Waals surface area contributed by atoms with Gasteiger partial charge in [0, 0.05) is 37.6 Å². The van der Waals surface area contributed by atoms with Crippen LogP contribution >= 0.6 is 11.3 Å². The van der Waals surface area contributed by atoms with Crippen molar-refractivity contribution in [1.29, 1.82) is 0 Å². The Morgan fingerprint density at radius 2 is 1.81 bits per heavy atom. The van der Waals surface area contributed by atoms with E-state index in [1.165, 1.54) is 29.9 Å². The standard InChI is InChI=1S/C24H32N4O2S/c1-26(2)17-18-11-14-27(15-12-18)20-9-7-19(8-10-20)25-23(29)21-5-3-13-28(21)24(30)22-6-4-16-31-22/h4,6-10,16,18,21H,3,5,11-15,17H2,1-2H3,(H,25,29)/t21-/m0/s1. The van der Waals surface area contributed by atoms with Crippen LogP contribution in [0, 0.1) is 5.92 Å². The van der Waals surface area contributed by atoms with Crippen LogP contribution in [0.4, 0.5) is 11.4 Å². The number of rotatable bonds is 6. The number of nitrogens with one attached hydrogen (secondary N) is 1. The number of carbonyl (C=O) groups excluding carboxylic acids is 2. The summed E-state index contributed by atoms with van der Waals surface area (Å²) in [5, 5.41) is 4.91. The summed E-state index contributed by atoms with van der Waals surface area (Å²) in [7, 11) is 4.28. The monoisotopic (exact) mass is 440 g/mol. The van der Waals surface area contributed by atoms with Crippen LogP contribution in [0.3, 0.4) is 0 Å². The van der Waals surface area contributed by atoms with Crippen LogP contribution in [0.15, 0.2) is 41.8 Å². The second-order valence-corrected chi connectivity index (χ2v) is 9.81. The van der Waals surface area contributed by atoms with Gasteiger partial charge in [-0.25, -0.2) is 0 Å². The molecule has 2 aliphatic heterocycles. The van der Waals surface area contributed by atoms with Gasteiger partial charge in [-0.1, -0.05) is 6.07 Å². The average molecular weight is 441 g/mol. The lowest BCUT2D eigenvalue weighted by Gasteiger charge is -2.34. The van der Waals surface area contributed by atoms with E-state index in [1.807, 2.05) is 29.6 Å². The molecule has 2 fully saturated rings. The van der Waals surface area contributed by atoms with E-state index < -0.39 is 6.04 Å². The van der Waals surface area contributed by atoms with Crippen LogP contribution < -0.4 is 10.2 Å². The number of hydrogen-bond donors (Lipinski definition) is 1. The molecule has 0 saturated carbocycles. The van der Waals surface area contributed by atoms with Gasteiger partial charge < -0.3 is 20.0 Å². The summed E-state index contributed by atoms with van der Waals surface area (Å²) in [5.74, 6) is 0.636. The van der Waals surface area contributed by atoms with Crippen molar-refractivity contribution < 1.29 is 9.59 Å². The van der Waals surface area contributed by atoms with E-state index in [1.54, 1.807) is 4.90 Å². The summed E-state index contributed by atoms with van der Waals surface area (Å²) in [6, 6.07) is 11.4. The Kier molecular flexibility index (Phi) is 6.92. The maximum absolute atomic E-state index is 12.9. The number of piperidine rings is 1. The van der Waals surface area contributed by atoms with E-state index in [4.69, 9.17) is 0 Å². The Labute approximate surface area is 188 Å². The van der Waals surface area contributed by atoms with Gasteiger partial charge in [-0.3, -0.25) is 9.59 Å². The van der Waals surface area contributed by atoms with E-state index in [9.17, 15) is 9.59 Å². The first-order valence-electron chi connectivity index (χ1n) is 11.2. The van der Waals surface area contributed by atoms with Gasteiger partial charge >= 0.3 is 0 Å². The fourth-order valence-corrected chi connectivity index (χ4v) is 5.37. The summed E-state index contributed by atoms with van der Waals surface area (Å²) in [5.41, 5.74) is 1.99. The highest BCUT2D eigenvalue weighted by Gasteiger charge is 2.35. The summed E-state index contributed by atoms with van der Waals surface area (Å²) in [4.78, 5) is 32.7. The number of benzene rings is 1. The predicted molar refractivity (Wildman–Crippen MR) is 127 cm³/mol. The summed E-state index contributed by atoms with van der Waals surface area (Å²) in [6.45, 7) is 3.95. The Hall–Kier alpha value is -2.38. The average Bonchev–Trinajstić information content (AvgIpc) is 3.46. The Morgan fingerprint density at radius 3 is 2.45 bits per heavy atom. The number of amides is 2. The molecule has 0 aliphatic carbocycles. The highest BCUT2D eigenvalue weighted by Crippen LogP contribution is 2.26. The molecule has 0 spiro atoms. The highest BCUT2D eigenvalue weighted by atomic mass is 32.1. The molecule has 31 heavy (non-hydrogen) atoms. The van der Waals surface area contributed by atoms with Crippen molar-refractivity contribution in [2.75, 3.05) is 50.5 Å². The van der Waals surface area contributed by atoms with Gasteiger partial charge in [0.25, 0.3) is 5.91 Å². The zero-order valence-electron chi connectivity index (χ0n) is 18.4. The molecule has 0 unspecified atom stereocenters. The van der Waals surface area contributed by atoms with Crippen LogP contribution in [0.25, 0.3) is 0 Å². The molecule has 1 aromatic carbocycles. The molecule has 0 bridgehead atoms. The highest BCUT2D eigenvalue weighted by molar-refractivity contribution is 7.12. The van der Waals surface area contributed by atoms with Gasteiger partial charge in [-0.2, -0.15) is 0 Å². The first-order chi connectivity index (χ1) is 15.0. The van der Waals surface area contributed by atoms with E-state index in [0.29, 0.717) is 17.8 Å². The van der Waals surface area contributed by atoms with Gasteiger partial charge in [-0.15, -0.1) is 11.3 Å². The van der Waals surface area contributed by atoms with Crippen LogP contribution in [-0.4, -0.2) is 67.9 Å². The quantitative estimate of drug-likeness (QED) is 0.743. The summed E-state index contributed by atoms with van der Waals surface area (Å²) < 4.78 is 0. The minimum atomic E-state index is -0.398. The fraction of sp³-hybridized carbons (Fsp3) is 0.500. The first-order valence-corrected chi connectivity index (χ1v) is 12.0. The van der Waals surface area contributed by atoms with E-state index in [0.717, 1.165) is 37.7 Å². The third-order valence-electron chi connectivity index (χ3n) is 6.29. The van der Waals surface area contributed by atoms with Crippen molar-refractivity contribution in [2.45, 2.75) is 31.7 Å². The number of anilines is 2. The van der Waals surface area contributed by atoms with Gasteiger partial charge in [0.05, 0.1) is 4.88 Å². The molecule has 2 saturated heterocycles. The zero-order chi connectivity index (χ0) is 21.8. The van der Waals surface area contributed by atoms with Gasteiger partial charge in [0.2, 0.25) is 5.91 Å². The molecule has 2 amide bonds. The molecule has 2 aliphatic rings. The zero-order valence-corrected chi connectivity index (χ0v) is 19.2. The maximum atomic E-state index is 12.9. The molecule has 3 heterocycles. The van der Waals surface area contributed by atoms with Crippen molar-refractivity contribution >= 4 is 34.5 Å². The van der Waals surface area contributed by atoms with Crippen molar-refractivity contribution in [3.8, 4) is 0 Å². The van der Waals surface area contributed by atoms with Gasteiger partial charge in [-0.05, 0) is 81.4 Å². The summed E-state index contributed by atoms with van der Waals surface area (Å²) in [6.07, 6.45) is 4.00. The molecule has 1 N–H and O–H groups in total. The van der Waals surface area contributed by atoms with Crippen molar-refractivity contribution in [3.63, 3.8) is 0 Å². The second kappa shape index (κ2) is 9.83. The minimum Gasteiger partial charge on any atom is -0.372 e. The Balaban J connectivity index is 1.32. The number of hydrogen-bond acceptors (Lipinski definition) is 5. The third-order valence-corrected chi connectivity index (χ3v) is 7.14. The van der Waals surface area contributed by atoms with Crippen molar-refractivity contribution in [1.82, 2.24) is 9.80 Å². The number of likely N-dealkylation sites (tertiary alicyclic amines) is 1. The van der Waals surface area contributed by atoms with Crippen LogP contribution in [-0.2, 0) is 4.79 Å². The maximum Gasteiger partial charge on any atom is 0.264 e. The molecule has 2 aromatic rings. The fourth-order valence-electron chi connectivity index (χ4n) is 4.70. The van der Waals surface area contributed by atoms with E-state index in [-0.39, 0.29) is 11.8 Å². The molecular formula is C24H32N4O2S. The van der Waals surface area contributed by atoms with Crippen LogP contribution in [0.2, 0.25) is 0 Å². The Morgan fingerprint density at radius 1 is 1.06 bits per heavy atom. The molecule has 6 nitrogen and oxygen atoms in total. The molecule has 1 aromatic heterocycles.